The van der Waals surface area contributed by atoms with Gasteiger partial charge in [0.25, 0.3) is 0 Å². The van der Waals surface area contributed by atoms with E-state index >= 15 is 0 Å². The summed E-state index contributed by atoms with van der Waals surface area (Å²) >= 11 is 0. The van der Waals surface area contributed by atoms with Gasteiger partial charge in [0.05, 0.1) is 7.11 Å². The number of methoxy groups -OCH3 is 1. The van der Waals surface area contributed by atoms with E-state index in [0.717, 1.165) is 22.4 Å². The Morgan fingerprint density at radius 2 is 2.27 bits per heavy atom. The van der Waals surface area contributed by atoms with E-state index in [0.29, 0.717) is 13.0 Å². The molecule has 0 saturated carbocycles. The standard InChI is InChI=1S/C12H15NO2/c1-7-3-9-10(14)5-8(6-13)12(9)11(4-7)15-2/h3-4,8H,5-6,13H2,1-2H3. The Labute approximate surface area is 89.2 Å². The van der Waals surface area contributed by atoms with E-state index in [9.17, 15) is 4.79 Å². The quantitative estimate of drug-likeness (QED) is 0.798. The molecule has 1 aliphatic rings. The third kappa shape index (κ3) is 1.53. The molecule has 3 heteroatoms. The molecule has 0 heterocycles. The SMILES string of the molecule is COc1cc(C)cc2c1C(CN)CC2=O. The summed E-state index contributed by atoms with van der Waals surface area (Å²) < 4.78 is 5.31. The van der Waals surface area contributed by atoms with Gasteiger partial charge in [-0.1, -0.05) is 0 Å². The maximum absolute atomic E-state index is 11.7. The minimum Gasteiger partial charge on any atom is -0.496 e. The van der Waals surface area contributed by atoms with Gasteiger partial charge in [0.2, 0.25) is 0 Å². The molecule has 3 nitrogen and oxygen atoms in total. The number of carbonyl (C=O) groups excluding carboxylic acids is 1. The zero-order chi connectivity index (χ0) is 11.0. The Bertz CT molecular complexity index is 412. The first kappa shape index (κ1) is 10.2. The van der Waals surface area contributed by atoms with Crippen LogP contribution in [0.25, 0.3) is 0 Å². The van der Waals surface area contributed by atoms with Gasteiger partial charge in [0.15, 0.2) is 5.78 Å². The fraction of sp³-hybridized carbons (Fsp3) is 0.417. The van der Waals surface area contributed by atoms with Crippen LogP contribution in [0.4, 0.5) is 0 Å². The van der Waals surface area contributed by atoms with E-state index in [1.54, 1.807) is 7.11 Å². The molecule has 1 atom stereocenters. The molecule has 15 heavy (non-hydrogen) atoms. The number of hydrogen-bond acceptors (Lipinski definition) is 3. The maximum atomic E-state index is 11.7. The van der Waals surface area contributed by atoms with E-state index in [2.05, 4.69) is 0 Å². The van der Waals surface area contributed by atoms with Crippen molar-refractivity contribution in [2.24, 2.45) is 5.73 Å². The van der Waals surface area contributed by atoms with Gasteiger partial charge in [0.1, 0.15) is 5.75 Å². The van der Waals surface area contributed by atoms with Crippen LogP contribution in [0, 0.1) is 6.92 Å². The second kappa shape index (κ2) is 3.66. The van der Waals surface area contributed by atoms with Crippen LogP contribution in [0.1, 0.15) is 33.8 Å². The predicted molar refractivity (Wildman–Crippen MR) is 58.5 cm³/mol. The van der Waals surface area contributed by atoms with Crippen molar-refractivity contribution in [1.82, 2.24) is 0 Å². The Morgan fingerprint density at radius 3 is 2.87 bits per heavy atom. The summed E-state index contributed by atoms with van der Waals surface area (Å²) in [5, 5.41) is 0. The molecule has 0 aromatic heterocycles. The first-order valence-electron chi connectivity index (χ1n) is 5.09. The molecule has 0 saturated heterocycles. The predicted octanol–water partition coefficient (Wildman–Crippen LogP) is 1.63. The number of benzene rings is 1. The van der Waals surface area contributed by atoms with Crippen LogP contribution >= 0.6 is 0 Å². The van der Waals surface area contributed by atoms with Gasteiger partial charge >= 0.3 is 0 Å². The van der Waals surface area contributed by atoms with E-state index in [1.165, 1.54) is 0 Å². The number of Topliss-reactive ketones (excluding diaryl/α,β-unsaturated/α-hetero) is 1. The summed E-state index contributed by atoms with van der Waals surface area (Å²) in [6.45, 7) is 2.46. The monoisotopic (exact) mass is 205 g/mol. The highest BCUT2D eigenvalue weighted by Crippen LogP contribution is 2.39. The van der Waals surface area contributed by atoms with Crippen molar-refractivity contribution in [2.75, 3.05) is 13.7 Å². The number of hydrogen-bond donors (Lipinski definition) is 1. The first-order valence-corrected chi connectivity index (χ1v) is 5.09. The summed E-state index contributed by atoms with van der Waals surface area (Å²) in [5.74, 6) is 1.11. The van der Waals surface area contributed by atoms with Gasteiger partial charge in [0, 0.05) is 23.5 Å². The molecule has 80 valence electrons. The number of carbonyl (C=O) groups is 1. The fourth-order valence-corrected chi connectivity index (χ4v) is 2.22. The number of ketones is 1. The van der Waals surface area contributed by atoms with Crippen LogP contribution in [0.15, 0.2) is 12.1 Å². The average molecular weight is 205 g/mol. The minimum absolute atomic E-state index is 0.128. The van der Waals surface area contributed by atoms with Crippen molar-refractivity contribution in [2.45, 2.75) is 19.3 Å². The Morgan fingerprint density at radius 1 is 1.53 bits per heavy atom. The van der Waals surface area contributed by atoms with Gasteiger partial charge in [-0.3, -0.25) is 4.79 Å². The largest absolute Gasteiger partial charge is 0.496 e. The van der Waals surface area contributed by atoms with Crippen molar-refractivity contribution in [1.29, 1.82) is 0 Å². The van der Waals surface area contributed by atoms with Crippen molar-refractivity contribution in [3.05, 3.63) is 28.8 Å². The lowest BCUT2D eigenvalue weighted by molar-refractivity contribution is 0.0989. The molecule has 1 aromatic rings. The molecule has 2 rings (SSSR count). The molecule has 1 aliphatic carbocycles. The number of ether oxygens (including phenoxy) is 1. The first-order chi connectivity index (χ1) is 7.17. The number of nitrogens with two attached hydrogens (primary N) is 1. The normalized spacial score (nSPS) is 19.1. The van der Waals surface area contributed by atoms with Crippen LogP contribution in [0.3, 0.4) is 0 Å². The van der Waals surface area contributed by atoms with Crippen molar-refractivity contribution < 1.29 is 9.53 Å². The van der Waals surface area contributed by atoms with Crippen LogP contribution in [-0.2, 0) is 0 Å². The van der Waals surface area contributed by atoms with Crippen molar-refractivity contribution in [3.63, 3.8) is 0 Å². The van der Waals surface area contributed by atoms with E-state index in [-0.39, 0.29) is 11.7 Å². The number of rotatable bonds is 2. The molecule has 0 bridgehead atoms. The Balaban J connectivity index is 2.61. The third-order valence-electron chi connectivity index (χ3n) is 2.93. The van der Waals surface area contributed by atoms with Gasteiger partial charge in [-0.05, 0) is 31.2 Å². The zero-order valence-electron chi connectivity index (χ0n) is 9.04. The van der Waals surface area contributed by atoms with Crippen LogP contribution in [-0.4, -0.2) is 19.4 Å². The molecule has 0 spiro atoms. The number of aryl methyl sites for hydroxylation is 1. The lowest BCUT2D eigenvalue weighted by atomic mass is 9.99. The molecule has 0 amide bonds. The van der Waals surface area contributed by atoms with Gasteiger partial charge in [-0.2, -0.15) is 0 Å². The second-order valence-electron chi connectivity index (χ2n) is 3.99. The third-order valence-corrected chi connectivity index (χ3v) is 2.93. The molecule has 1 unspecified atom stereocenters. The molecule has 2 N–H and O–H groups in total. The summed E-state index contributed by atoms with van der Waals surface area (Å²) in [6, 6.07) is 3.88. The minimum atomic E-state index is 0.128. The topological polar surface area (TPSA) is 52.3 Å². The molecule has 1 aromatic carbocycles. The summed E-state index contributed by atoms with van der Waals surface area (Å²) in [4.78, 5) is 11.7. The van der Waals surface area contributed by atoms with Crippen molar-refractivity contribution in [3.8, 4) is 5.75 Å². The van der Waals surface area contributed by atoms with Crippen LogP contribution < -0.4 is 10.5 Å². The zero-order valence-corrected chi connectivity index (χ0v) is 9.04. The summed E-state index contributed by atoms with van der Waals surface area (Å²) in [5.41, 5.74) is 8.51. The highest BCUT2D eigenvalue weighted by Gasteiger charge is 2.31. The van der Waals surface area contributed by atoms with Crippen LogP contribution in [0.2, 0.25) is 0 Å². The molecule has 0 radical (unpaired) electrons. The van der Waals surface area contributed by atoms with Crippen molar-refractivity contribution >= 4 is 5.78 Å². The fourth-order valence-electron chi connectivity index (χ4n) is 2.22. The molecule has 0 aliphatic heterocycles. The maximum Gasteiger partial charge on any atom is 0.163 e. The van der Waals surface area contributed by atoms with Gasteiger partial charge in [-0.25, -0.2) is 0 Å². The Hall–Kier alpha value is -1.35. The summed E-state index contributed by atoms with van der Waals surface area (Å²) in [6.07, 6.45) is 0.519. The highest BCUT2D eigenvalue weighted by molar-refractivity contribution is 6.02. The van der Waals surface area contributed by atoms with E-state index < -0.39 is 0 Å². The van der Waals surface area contributed by atoms with E-state index in [1.807, 2.05) is 19.1 Å². The smallest absolute Gasteiger partial charge is 0.163 e. The molecular formula is C12H15NO2. The second-order valence-corrected chi connectivity index (χ2v) is 3.99. The number of fused-ring (bicyclic) bond motifs is 1. The molecular weight excluding hydrogens is 190 g/mol. The molecule has 0 fully saturated rings. The Kier molecular flexibility index (Phi) is 2.49. The van der Waals surface area contributed by atoms with Gasteiger partial charge < -0.3 is 10.5 Å². The lowest BCUT2D eigenvalue weighted by Crippen LogP contribution is -2.10. The van der Waals surface area contributed by atoms with E-state index in [4.69, 9.17) is 10.5 Å². The summed E-state index contributed by atoms with van der Waals surface area (Å²) in [7, 11) is 1.63. The lowest BCUT2D eigenvalue weighted by Gasteiger charge is -2.12. The van der Waals surface area contributed by atoms with Gasteiger partial charge in [-0.15, -0.1) is 0 Å². The van der Waals surface area contributed by atoms with Crippen LogP contribution in [0.5, 0.6) is 5.75 Å². The average Bonchev–Trinajstić information content (AvgIpc) is 2.55. The highest BCUT2D eigenvalue weighted by atomic mass is 16.5.